The van der Waals surface area contributed by atoms with Gasteiger partial charge in [0.05, 0.1) is 15.2 Å². The number of ether oxygens (including phenoxy) is 1. The Balaban J connectivity index is 2.05. The molecule has 9 nitrogen and oxygen atoms in total. The minimum atomic E-state index is -4.04. The molecule has 5 N–H and O–H groups in total. The summed E-state index contributed by atoms with van der Waals surface area (Å²) in [6, 6.07) is 5.93. The maximum atomic E-state index is 14.0. The van der Waals surface area contributed by atoms with Gasteiger partial charge in [-0.1, -0.05) is 19.1 Å². The predicted molar refractivity (Wildman–Crippen MR) is 115 cm³/mol. The van der Waals surface area contributed by atoms with E-state index in [1.165, 1.54) is 24.3 Å². The van der Waals surface area contributed by atoms with E-state index in [1.54, 1.807) is 13.8 Å². The lowest BCUT2D eigenvalue weighted by Crippen LogP contribution is -2.52. The number of carbonyl (C=O) groups excluding carboxylic acids is 2. The van der Waals surface area contributed by atoms with Gasteiger partial charge in [-0.3, -0.25) is 0 Å². The summed E-state index contributed by atoms with van der Waals surface area (Å²) in [5, 5.41) is 12.1. The number of sulfone groups is 2. The quantitative estimate of drug-likeness (QED) is 0.304. The molecule has 0 heterocycles. The summed E-state index contributed by atoms with van der Waals surface area (Å²) in [4.78, 5) is 20.7. The number of fused-ring (bicyclic) bond motifs is 2. The first kappa shape index (κ1) is 23.5. The second-order valence-corrected chi connectivity index (χ2v) is 13.4. The Hall–Kier alpha value is -2.14. The van der Waals surface area contributed by atoms with Gasteiger partial charge in [-0.25, -0.2) is 21.6 Å². The van der Waals surface area contributed by atoms with E-state index in [1.807, 2.05) is 0 Å². The van der Waals surface area contributed by atoms with Crippen molar-refractivity contribution in [2.24, 2.45) is 17.8 Å². The molecule has 0 radical (unpaired) electrons. The third kappa shape index (κ3) is 3.82. The second kappa shape index (κ2) is 7.77. The van der Waals surface area contributed by atoms with Gasteiger partial charge in [-0.05, 0) is 43.6 Å². The maximum absolute atomic E-state index is 14.0. The van der Waals surface area contributed by atoms with E-state index < -0.39 is 64.8 Å². The molecule has 0 spiro atoms. The number of carbonyl (C=O) groups is 1. The van der Waals surface area contributed by atoms with E-state index in [-0.39, 0.29) is 18.6 Å². The number of hydrogen-bond acceptors (Lipinski definition) is 6. The number of rotatable bonds is 7. The maximum Gasteiger partial charge on any atom is 0.890 e. The van der Waals surface area contributed by atoms with Gasteiger partial charge in [-0.2, -0.15) is 4.74 Å². The summed E-state index contributed by atoms with van der Waals surface area (Å²) in [5.41, 5.74) is 0.440. The van der Waals surface area contributed by atoms with E-state index in [0.717, 1.165) is 6.26 Å². The molecule has 2 aliphatic carbocycles. The molecule has 0 aliphatic heterocycles. The largest absolute Gasteiger partial charge is 0.890 e. The van der Waals surface area contributed by atoms with Crippen molar-refractivity contribution in [3.05, 3.63) is 29.8 Å². The average Bonchev–Trinajstić information content (AvgIpc) is 3.26. The molecule has 3 rings (SSSR count). The highest BCUT2D eigenvalue weighted by Crippen LogP contribution is 2.56. The first-order valence-electron chi connectivity index (χ1n) is 9.97. The Labute approximate surface area is 181 Å². The van der Waals surface area contributed by atoms with Crippen LogP contribution in [-0.4, -0.2) is 60.7 Å². The monoisotopic (exact) mass is 477 g/mol. The minimum absolute atomic E-state index is 0.165. The minimum Gasteiger partial charge on any atom is -0.565 e. The van der Waals surface area contributed by atoms with Gasteiger partial charge in [0, 0.05) is 23.2 Å². The Morgan fingerprint density at radius 2 is 1.71 bits per heavy atom. The fraction of sp³-hybridized carbons (Fsp3) is 0.600. The highest BCUT2D eigenvalue weighted by Gasteiger charge is 2.66. The van der Waals surface area contributed by atoms with Crippen molar-refractivity contribution in [1.29, 1.82) is 0 Å². The van der Waals surface area contributed by atoms with Crippen molar-refractivity contribution in [3.63, 3.8) is 0 Å². The first-order valence-corrected chi connectivity index (χ1v) is 13.5. The standard InChI is InChI=1S/C20H26O9S2/c1-4-20(2,12-5-7-13(8-6-12)29-19(23)24)31(27,28)16-11-9-14(15(10-11)18(21)22)17(16)30(3,25)26/h5-8,11,14-17H,4,9-10H2,1-3H3,(H,21,22)(H,23,24)/p+3. The van der Waals surface area contributed by atoms with Gasteiger partial charge < -0.3 is 10.2 Å². The van der Waals surface area contributed by atoms with Crippen LogP contribution < -0.4 is 4.74 Å². The van der Waals surface area contributed by atoms with Crippen LogP contribution in [0.5, 0.6) is 5.75 Å². The van der Waals surface area contributed by atoms with Crippen molar-refractivity contribution in [1.82, 2.24) is 0 Å². The van der Waals surface area contributed by atoms with E-state index >= 15 is 0 Å². The second-order valence-electron chi connectivity index (χ2n) is 8.69. The van der Waals surface area contributed by atoms with Crippen LogP contribution >= 0.6 is 0 Å². The molecule has 2 aliphatic rings. The molecular weight excluding hydrogens is 448 g/mol. The SMILES string of the molecule is CCC(C)(c1ccc(OC(=[OH+])[OH2+])cc1)S(=O)(=O)C1C2CC(C(=O)[OH2+])C(C2)C1S(C)(=O)=O. The van der Waals surface area contributed by atoms with Crippen LogP contribution in [-0.2, 0) is 29.2 Å². The average molecular weight is 478 g/mol. The lowest BCUT2D eigenvalue weighted by atomic mass is 9.88. The number of benzene rings is 1. The zero-order valence-corrected chi connectivity index (χ0v) is 19.2. The summed E-state index contributed by atoms with van der Waals surface area (Å²) in [6.45, 7) is 3.27. The van der Waals surface area contributed by atoms with E-state index in [0.29, 0.717) is 12.0 Å². The molecule has 1 aromatic rings. The van der Waals surface area contributed by atoms with Crippen molar-refractivity contribution in [2.75, 3.05) is 6.26 Å². The van der Waals surface area contributed by atoms with Crippen LogP contribution in [0.25, 0.3) is 0 Å². The van der Waals surface area contributed by atoms with Gasteiger partial charge in [0.1, 0.15) is 5.92 Å². The molecule has 6 atom stereocenters. The molecule has 6 unspecified atom stereocenters. The van der Waals surface area contributed by atoms with Gasteiger partial charge in [0.2, 0.25) is 0 Å². The van der Waals surface area contributed by atoms with Gasteiger partial charge in [0.25, 0.3) is 5.75 Å². The van der Waals surface area contributed by atoms with E-state index in [9.17, 15) is 21.6 Å². The molecule has 0 aromatic heterocycles. The highest BCUT2D eigenvalue weighted by molar-refractivity contribution is 7.96. The van der Waals surface area contributed by atoms with Crippen LogP contribution in [0.3, 0.4) is 0 Å². The van der Waals surface area contributed by atoms with E-state index in [2.05, 4.69) is 0 Å². The Bertz CT molecular complexity index is 1090. The molecule has 0 amide bonds. The zero-order chi connectivity index (χ0) is 23.4. The highest BCUT2D eigenvalue weighted by atomic mass is 32.2. The normalized spacial score (nSPS) is 30.0. The van der Waals surface area contributed by atoms with E-state index in [4.69, 9.17) is 19.7 Å². The Kier molecular flexibility index (Phi) is 5.90. The smallest absolute Gasteiger partial charge is 0.565 e. The predicted octanol–water partition coefficient (Wildman–Crippen LogP) is -0.0211. The van der Waals surface area contributed by atoms with Crippen molar-refractivity contribution in [2.45, 2.75) is 48.4 Å². The molecule has 2 saturated carbocycles. The summed E-state index contributed by atoms with van der Waals surface area (Å²) >= 11 is 0. The van der Waals surface area contributed by atoms with Crippen LogP contribution in [0.15, 0.2) is 24.3 Å². The topological polar surface area (TPSA) is 162 Å². The molecule has 31 heavy (non-hydrogen) atoms. The first-order chi connectivity index (χ1) is 14.2. The molecule has 172 valence electrons. The lowest BCUT2D eigenvalue weighted by Gasteiger charge is -2.38. The Morgan fingerprint density at radius 1 is 1.13 bits per heavy atom. The molecular formula is C20H29O9S2+3. The van der Waals surface area contributed by atoms with Crippen LogP contribution in [0, 0.1) is 17.8 Å². The van der Waals surface area contributed by atoms with Crippen molar-refractivity contribution < 1.29 is 41.4 Å². The summed E-state index contributed by atoms with van der Waals surface area (Å²) in [6.07, 6.45) is 0.730. The van der Waals surface area contributed by atoms with Crippen molar-refractivity contribution >= 4 is 31.8 Å². The molecule has 2 fully saturated rings. The summed E-state index contributed by atoms with van der Waals surface area (Å²) in [7, 11) is -7.82. The fourth-order valence-electron chi connectivity index (χ4n) is 5.40. The van der Waals surface area contributed by atoms with Gasteiger partial charge in [0.15, 0.2) is 19.7 Å². The molecule has 11 heteroatoms. The molecule has 2 bridgehead atoms. The van der Waals surface area contributed by atoms with Crippen LogP contribution in [0.4, 0.5) is 0 Å². The van der Waals surface area contributed by atoms with Crippen LogP contribution in [0.2, 0.25) is 0 Å². The molecule has 0 saturated heterocycles. The lowest BCUT2D eigenvalue weighted by molar-refractivity contribution is -0.143. The molecule has 1 aromatic carbocycles. The van der Waals surface area contributed by atoms with Gasteiger partial charge in [-0.15, -0.1) is 0 Å². The van der Waals surface area contributed by atoms with Crippen molar-refractivity contribution in [3.8, 4) is 5.75 Å². The Morgan fingerprint density at radius 3 is 2.16 bits per heavy atom. The third-order valence-electron chi connectivity index (χ3n) is 7.03. The van der Waals surface area contributed by atoms with Crippen LogP contribution in [0.1, 0.15) is 38.7 Å². The van der Waals surface area contributed by atoms with Gasteiger partial charge >= 0.3 is 12.1 Å². The fourth-order valence-corrected chi connectivity index (χ4v) is 10.8. The number of hydrogen-bond donors (Lipinski definition) is 0. The summed E-state index contributed by atoms with van der Waals surface area (Å²) in [5.74, 6) is -2.55. The zero-order valence-electron chi connectivity index (χ0n) is 17.5. The third-order valence-corrected chi connectivity index (χ3v) is 12.0. The summed E-state index contributed by atoms with van der Waals surface area (Å²) < 4.78 is 56.6.